The standard InChI is InChI=1S/C28H33ClFN5O4/c1-18(36)31-25-12-24(29)26(39-4)11-20(25)7-10-27(37)35-22-14-33(13-19-5-8-21(30)9-6-19)15-23(35)17-34(16-22)28(38)32(2)3/h5-12,22-23H,13-17H2,1-4H3,(H,31,36). The lowest BCUT2D eigenvalue weighted by Crippen LogP contribution is -2.70. The van der Waals surface area contributed by atoms with Crippen LogP contribution in [0.4, 0.5) is 14.9 Å². The average Bonchev–Trinajstić information content (AvgIpc) is 2.87. The van der Waals surface area contributed by atoms with Crippen molar-refractivity contribution in [2.45, 2.75) is 25.6 Å². The van der Waals surface area contributed by atoms with E-state index in [1.807, 2.05) is 4.90 Å². The molecule has 2 aromatic carbocycles. The summed E-state index contributed by atoms with van der Waals surface area (Å²) in [6, 6.07) is 9.12. The number of nitrogens with one attached hydrogen (secondary N) is 1. The highest BCUT2D eigenvalue weighted by Crippen LogP contribution is 2.32. The Balaban J connectivity index is 1.57. The molecule has 4 rings (SSSR count). The van der Waals surface area contributed by atoms with E-state index in [9.17, 15) is 18.8 Å². The molecule has 2 heterocycles. The lowest BCUT2D eigenvalue weighted by molar-refractivity contribution is -0.139. The summed E-state index contributed by atoms with van der Waals surface area (Å²) in [7, 11) is 4.92. The molecule has 2 unspecified atom stereocenters. The number of fused-ring (bicyclic) bond motifs is 2. The fourth-order valence-corrected chi connectivity index (χ4v) is 5.44. The fraction of sp³-hybridized carbons (Fsp3) is 0.393. The highest BCUT2D eigenvalue weighted by Gasteiger charge is 2.43. The van der Waals surface area contributed by atoms with E-state index < -0.39 is 0 Å². The highest BCUT2D eigenvalue weighted by atomic mass is 35.5. The number of hydrogen-bond acceptors (Lipinski definition) is 5. The fourth-order valence-electron chi connectivity index (χ4n) is 5.20. The maximum atomic E-state index is 13.6. The van der Waals surface area contributed by atoms with Gasteiger partial charge in [-0.15, -0.1) is 0 Å². The summed E-state index contributed by atoms with van der Waals surface area (Å²) in [5, 5.41) is 3.07. The number of halogens is 2. The quantitative estimate of drug-likeness (QED) is 0.549. The molecule has 2 atom stereocenters. The molecular formula is C28H33ClFN5O4. The lowest BCUT2D eigenvalue weighted by Gasteiger charge is -2.53. The van der Waals surface area contributed by atoms with Gasteiger partial charge in [-0.3, -0.25) is 14.5 Å². The number of amides is 4. The van der Waals surface area contributed by atoms with Crippen molar-refractivity contribution in [1.29, 1.82) is 0 Å². The normalized spacial score (nSPS) is 19.2. The van der Waals surface area contributed by atoms with Crippen LogP contribution in [0.15, 0.2) is 42.5 Å². The molecule has 2 fully saturated rings. The number of ether oxygens (including phenoxy) is 1. The summed E-state index contributed by atoms with van der Waals surface area (Å²) in [6.07, 6.45) is 3.11. The first-order valence-electron chi connectivity index (χ1n) is 12.6. The van der Waals surface area contributed by atoms with Crippen LogP contribution in [0.1, 0.15) is 18.1 Å². The molecule has 0 spiro atoms. The third-order valence-electron chi connectivity index (χ3n) is 6.85. The number of methoxy groups -OCH3 is 1. The van der Waals surface area contributed by atoms with Gasteiger partial charge in [0.25, 0.3) is 0 Å². The maximum Gasteiger partial charge on any atom is 0.319 e. The second-order valence-corrected chi connectivity index (χ2v) is 10.5. The van der Waals surface area contributed by atoms with E-state index in [-0.39, 0.29) is 35.7 Å². The largest absolute Gasteiger partial charge is 0.495 e. The van der Waals surface area contributed by atoms with Gasteiger partial charge in [-0.05, 0) is 35.9 Å². The Hall–Kier alpha value is -3.63. The molecule has 1 N–H and O–H groups in total. The van der Waals surface area contributed by atoms with Crippen molar-refractivity contribution in [3.63, 3.8) is 0 Å². The first kappa shape index (κ1) is 28.4. The monoisotopic (exact) mass is 557 g/mol. The number of piperazine rings is 2. The minimum atomic E-state index is -0.282. The number of nitrogens with zero attached hydrogens (tertiary/aromatic N) is 4. The molecule has 9 nitrogen and oxygen atoms in total. The zero-order valence-electron chi connectivity index (χ0n) is 22.5. The lowest BCUT2D eigenvalue weighted by atomic mass is 9.99. The van der Waals surface area contributed by atoms with E-state index >= 15 is 0 Å². The number of benzene rings is 2. The molecule has 2 aromatic rings. The van der Waals surface area contributed by atoms with E-state index in [1.54, 1.807) is 54.2 Å². The van der Waals surface area contributed by atoms with Crippen molar-refractivity contribution < 1.29 is 23.5 Å². The first-order valence-corrected chi connectivity index (χ1v) is 13.0. The Bertz CT molecular complexity index is 1250. The van der Waals surface area contributed by atoms with Crippen LogP contribution in [0.2, 0.25) is 5.02 Å². The highest BCUT2D eigenvalue weighted by molar-refractivity contribution is 6.32. The van der Waals surface area contributed by atoms with Gasteiger partial charge in [0.1, 0.15) is 11.6 Å². The molecular weight excluding hydrogens is 525 g/mol. The third-order valence-corrected chi connectivity index (χ3v) is 7.15. The Kier molecular flexibility index (Phi) is 8.76. The van der Waals surface area contributed by atoms with Crippen LogP contribution in [0.25, 0.3) is 6.08 Å². The molecule has 0 saturated carbocycles. The molecule has 208 valence electrons. The average molecular weight is 558 g/mol. The number of hydrogen-bond donors (Lipinski definition) is 1. The number of carbonyl (C=O) groups is 3. The molecule has 2 aliphatic rings. The van der Waals surface area contributed by atoms with Crippen LogP contribution in [0.5, 0.6) is 5.75 Å². The molecule has 2 bridgehead atoms. The number of anilines is 1. The van der Waals surface area contributed by atoms with Crippen LogP contribution in [0.3, 0.4) is 0 Å². The van der Waals surface area contributed by atoms with Crippen LogP contribution >= 0.6 is 11.6 Å². The van der Waals surface area contributed by atoms with E-state index in [4.69, 9.17) is 16.3 Å². The van der Waals surface area contributed by atoms with Crippen molar-refractivity contribution in [3.05, 3.63) is 64.4 Å². The summed E-state index contributed by atoms with van der Waals surface area (Å²) in [5.41, 5.74) is 2.02. The van der Waals surface area contributed by atoms with E-state index in [0.29, 0.717) is 54.7 Å². The van der Waals surface area contributed by atoms with Gasteiger partial charge in [-0.1, -0.05) is 23.7 Å². The molecule has 11 heteroatoms. The smallest absolute Gasteiger partial charge is 0.319 e. The molecule has 39 heavy (non-hydrogen) atoms. The summed E-state index contributed by atoms with van der Waals surface area (Å²) in [4.78, 5) is 45.5. The number of rotatable bonds is 6. The Morgan fingerprint density at radius 2 is 1.74 bits per heavy atom. The topological polar surface area (TPSA) is 85.4 Å². The summed E-state index contributed by atoms with van der Waals surface area (Å²) >= 11 is 6.24. The zero-order valence-corrected chi connectivity index (χ0v) is 23.2. The SMILES string of the molecule is COc1cc(C=CC(=O)N2C3CN(Cc4ccc(F)cc4)CC2CN(C(=O)N(C)C)C3)c(NC(C)=O)cc1Cl. The summed E-state index contributed by atoms with van der Waals surface area (Å²) in [5.74, 6) is -0.321. The predicted octanol–water partition coefficient (Wildman–Crippen LogP) is 3.54. The van der Waals surface area contributed by atoms with Gasteiger partial charge >= 0.3 is 6.03 Å². The van der Waals surface area contributed by atoms with Gasteiger partial charge in [-0.2, -0.15) is 0 Å². The van der Waals surface area contributed by atoms with Gasteiger partial charge in [0.2, 0.25) is 11.8 Å². The predicted molar refractivity (Wildman–Crippen MR) is 148 cm³/mol. The second kappa shape index (κ2) is 12.0. The molecule has 2 aliphatic heterocycles. The maximum absolute atomic E-state index is 13.6. The molecule has 0 aromatic heterocycles. The van der Waals surface area contributed by atoms with Gasteiger partial charge < -0.3 is 24.8 Å². The second-order valence-electron chi connectivity index (χ2n) is 10.0. The Labute approximate surface area is 232 Å². The van der Waals surface area contributed by atoms with Crippen molar-refractivity contribution in [3.8, 4) is 5.75 Å². The van der Waals surface area contributed by atoms with Crippen molar-refractivity contribution in [2.24, 2.45) is 0 Å². The molecule has 0 aliphatic carbocycles. The minimum absolute atomic E-state index is 0.0900. The number of urea groups is 1. The molecule has 0 radical (unpaired) electrons. The van der Waals surface area contributed by atoms with Crippen molar-refractivity contribution in [2.75, 3.05) is 52.7 Å². The summed E-state index contributed by atoms with van der Waals surface area (Å²) < 4.78 is 18.7. The zero-order chi connectivity index (χ0) is 28.3. The van der Waals surface area contributed by atoms with Crippen LogP contribution in [-0.4, -0.2) is 96.9 Å². The molecule has 2 saturated heterocycles. The summed E-state index contributed by atoms with van der Waals surface area (Å²) in [6.45, 7) is 3.95. The molecule has 4 amide bonds. The van der Waals surface area contributed by atoms with Crippen molar-refractivity contribution >= 4 is 41.2 Å². The Morgan fingerprint density at radius 3 is 2.31 bits per heavy atom. The third kappa shape index (κ3) is 6.69. The van der Waals surface area contributed by atoms with E-state index in [1.165, 1.54) is 32.2 Å². The number of carbonyl (C=O) groups excluding carboxylic acids is 3. The van der Waals surface area contributed by atoms with E-state index in [2.05, 4.69) is 10.2 Å². The Morgan fingerprint density at radius 1 is 1.10 bits per heavy atom. The van der Waals surface area contributed by atoms with Gasteiger partial charge in [-0.25, -0.2) is 9.18 Å². The van der Waals surface area contributed by atoms with Crippen LogP contribution in [-0.2, 0) is 16.1 Å². The first-order chi connectivity index (χ1) is 18.5. The van der Waals surface area contributed by atoms with Crippen LogP contribution < -0.4 is 10.1 Å². The minimum Gasteiger partial charge on any atom is -0.495 e. The van der Waals surface area contributed by atoms with Crippen LogP contribution in [0, 0.1) is 5.82 Å². The van der Waals surface area contributed by atoms with E-state index in [0.717, 1.165) is 5.56 Å². The van der Waals surface area contributed by atoms with Gasteiger partial charge in [0, 0.05) is 71.1 Å². The van der Waals surface area contributed by atoms with Gasteiger partial charge in [0.05, 0.1) is 24.2 Å². The van der Waals surface area contributed by atoms with Gasteiger partial charge in [0.15, 0.2) is 0 Å². The van der Waals surface area contributed by atoms with Crippen molar-refractivity contribution in [1.82, 2.24) is 19.6 Å².